The van der Waals surface area contributed by atoms with E-state index in [1.165, 1.54) is 18.2 Å². The smallest absolute Gasteiger partial charge is 0.266 e. The monoisotopic (exact) mass is 338 g/mol. The fourth-order valence-corrected chi connectivity index (χ4v) is 2.39. The lowest BCUT2D eigenvalue weighted by Gasteiger charge is -2.02. The lowest BCUT2D eigenvalue weighted by molar-refractivity contribution is 0.103. The van der Waals surface area contributed by atoms with Crippen LogP contribution in [-0.2, 0) is 0 Å². The number of nitrogens with zero attached hydrogens (tertiary/aromatic N) is 1. The number of oxazole rings is 1. The van der Waals surface area contributed by atoms with Crippen molar-refractivity contribution in [3.63, 3.8) is 0 Å². The number of aromatic amines is 1. The van der Waals surface area contributed by atoms with Gasteiger partial charge in [-0.1, -0.05) is 6.07 Å². The first kappa shape index (κ1) is 15.5. The van der Waals surface area contributed by atoms with Crippen LogP contribution in [0.15, 0.2) is 46.4 Å². The Labute approximate surface area is 140 Å². The number of allylic oxidation sites excluding steroid dienone is 1. The average Bonchev–Trinajstić information content (AvgIpc) is 2.93. The van der Waals surface area contributed by atoms with Gasteiger partial charge in [0.05, 0.1) is 5.52 Å². The molecule has 0 atom stereocenters. The van der Waals surface area contributed by atoms with Crippen LogP contribution in [0.5, 0.6) is 11.5 Å². The molecule has 0 saturated carbocycles. The summed E-state index contributed by atoms with van der Waals surface area (Å²) < 4.78 is 5.25. The van der Waals surface area contributed by atoms with E-state index in [4.69, 9.17) is 16.6 Å². The number of phenolic OH excluding ortho intramolecular Hbond substituents is 2. The highest BCUT2D eigenvalue weighted by atomic mass is 32.1. The number of hydrogen-bond donors (Lipinski definition) is 3. The molecule has 3 aromatic rings. The number of aromatic nitrogens is 1. The molecule has 6 nitrogen and oxygen atoms in total. The molecule has 0 amide bonds. The lowest BCUT2D eigenvalue weighted by atomic mass is 10.0. The summed E-state index contributed by atoms with van der Waals surface area (Å²) in [5.41, 5.74) is 1.83. The van der Waals surface area contributed by atoms with Crippen molar-refractivity contribution in [1.29, 1.82) is 5.26 Å². The van der Waals surface area contributed by atoms with Gasteiger partial charge in [-0.25, -0.2) is 0 Å². The van der Waals surface area contributed by atoms with E-state index in [0.717, 1.165) is 6.07 Å². The number of nitrogens with one attached hydrogen (secondary N) is 1. The zero-order valence-corrected chi connectivity index (χ0v) is 12.9. The number of nitriles is 1. The number of H-pyrrole nitrogens is 1. The highest BCUT2D eigenvalue weighted by molar-refractivity contribution is 7.71. The molecule has 0 aliphatic carbocycles. The molecule has 0 radical (unpaired) electrons. The van der Waals surface area contributed by atoms with Crippen molar-refractivity contribution in [3.8, 4) is 17.6 Å². The maximum Gasteiger partial charge on any atom is 0.266 e. The van der Waals surface area contributed by atoms with E-state index >= 15 is 0 Å². The molecule has 0 unspecified atom stereocenters. The van der Waals surface area contributed by atoms with Gasteiger partial charge >= 0.3 is 0 Å². The second kappa shape index (κ2) is 6.02. The number of ketones is 1. The van der Waals surface area contributed by atoms with Crippen molar-refractivity contribution in [2.45, 2.75) is 0 Å². The van der Waals surface area contributed by atoms with Crippen LogP contribution in [-0.4, -0.2) is 21.0 Å². The molecule has 0 spiro atoms. The van der Waals surface area contributed by atoms with Gasteiger partial charge in [0.15, 0.2) is 17.1 Å². The summed E-state index contributed by atoms with van der Waals surface area (Å²) in [5.74, 6) is -1.33. The maximum absolute atomic E-state index is 12.4. The molecule has 24 heavy (non-hydrogen) atoms. The third kappa shape index (κ3) is 2.91. The zero-order valence-electron chi connectivity index (χ0n) is 12.1. The van der Waals surface area contributed by atoms with Crippen LogP contribution < -0.4 is 0 Å². The molecule has 0 saturated heterocycles. The standard InChI is InChI=1S/C17H10N2O4S/c18-8-11(16(22)10-2-3-13(20)14(21)7-10)5-9-1-4-15-12(6-9)19-17(24)23-15/h1-7,20-21H,(H,19,24). The number of carbonyl (C=O) groups excluding carboxylic acids is 1. The summed E-state index contributed by atoms with van der Waals surface area (Å²) in [4.78, 5) is 15.5. The van der Waals surface area contributed by atoms with E-state index < -0.39 is 11.5 Å². The second-order valence-electron chi connectivity index (χ2n) is 4.97. The Balaban J connectivity index is 2.00. The van der Waals surface area contributed by atoms with Crippen LogP contribution in [0.3, 0.4) is 0 Å². The van der Waals surface area contributed by atoms with Crippen molar-refractivity contribution >= 4 is 35.2 Å². The van der Waals surface area contributed by atoms with E-state index in [0.29, 0.717) is 16.7 Å². The highest BCUT2D eigenvalue weighted by Gasteiger charge is 2.14. The fourth-order valence-electron chi connectivity index (χ4n) is 2.19. The predicted octanol–water partition coefficient (Wildman–Crippen LogP) is 3.69. The van der Waals surface area contributed by atoms with Gasteiger partial charge in [-0.15, -0.1) is 0 Å². The van der Waals surface area contributed by atoms with Crippen molar-refractivity contribution < 1.29 is 19.4 Å². The molecule has 1 heterocycles. The Kier molecular flexibility index (Phi) is 3.90. The summed E-state index contributed by atoms with van der Waals surface area (Å²) in [6, 6.07) is 10.6. The number of fused-ring (bicyclic) bond motifs is 1. The Bertz CT molecular complexity index is 1090. The first-order valence-corrected chi connectivity index (χ1v) is 7.20. The van der Waals surface area contributed by atoms with Crippen LogP contribution in [0.2, 0.25) is 0 Å². The third-order valence-electron chi connectivity index (χ3n) is 3.36. The second-order valence-corrected chi connectivity index (χ2v) is 5.34. The zero-order chi connectivity index (χ0) is 17.3. The summed E-state index contributed by atoms with van der Waals surface area (Å²) in [6.07, 6.45) is 1.43. The Morgan fingerprint density at radius 3 is 2.71 bits per heavy atom. The van der Waals surface area contributed by atoms with Gasteiger partial charge in [0.25, 0.3) is 4.84 Å². The molecular weight excluding hydrogens is 328 g/mol. The normalized spacial score (nSPS) is 11.4. The van der Waals surface area contributed by atoms with Crippen molar-refractivity contribution in [3.05, 3.63) is 57.9 Å². The summed E-state index contributed by atoms with van der Waals surface area (Å²) in [5, 5.41) is 28.0. The molecule has 0 aliphatic rings. The number of phenols is 2. The number of aromatic hydroxyl groups is 2. The van der Waals surface area contributed by atoms with Crippen molar-refractivity contribution in [1.82, 2.24) is 4.98 Å². The molecule has 0 aliphatic heterocycles. The molecule has 7 heteroatoms. The molecule has 1 aromatic heterocycles. The molecule has 0 fully saturated rings. The van der Waals surface area contributed by atoms with E-state index in [9.17, 15) is 20.3 Å². The number of carbonyl (C=O) groups is 1. The minimum absolute atomic E-state index is 0.0990. The highest BCUT2D eigenvalue weighted by Crippen LogP contribution is 2.26. The largest absolute Gasteiger partial charge is 0.504 e. The van der Waals surface area contributed by atoms with Gasteiger partial charge in [0.1, 0.15) is 11.6 Å². The van der Waals surface area contributed by atoms with Gasteiger partial charge in [-0.05, 0) is 54.2 Å². The van der Waals surface area contributed by atoms with E-state index in [1.54, 1.807) is 18.2 Å². The van der Waals surface area contributed by atoms with Crippen LogP contribution in [0.4, 0.5) is 0 Å². The first-order chi connectivity index (χ1) is 11.5. The van der Waals surface area contributed by atoms with Gasteiger partial charge in [0, 0.05) is 5.56 Å². The summed E-state index contributed by atoms with van der Waals surface area (Å²) >= 11 is 4.91. The average molecular weight is 338 g/mol. The molecule has 2 aromatic carbocycles. The van der Waals surface area contributed by atoms with Crippen LogP contribution in [0, 0.1) is 16.2 Å². The lowest BCUT2D eigenvalue weighted by Crippen LogP contribution is -2.01. The Hall–Kier alpha value is -3.37. The van der Waals surface area contributed by atoms with Crippen molar-refractivity contribution in [2.24, 2.45) is 0 Å². The topological polar surface area (TPSA) is 110 Å². The molecule has 3 rings (SSSR count). The molecule has 0 bridgehead atoms. The van der Waals surface area contributed by atoms with E-state index in [2.05, 4.69) is 4.98 Å². The summed E-state index contributed by atoms with van der Waals surface area (Å²) in [6.45, 7) is 0. The Morgan fingerprint density at radius 2 is 2.00 bits per heavy atom. The van der Waals surface area contributed by atoms with Crippen molar-refractivity contribution in [2.75, 3.05) is 0 Å². The predicted molar refractivity (Wildman–Crippen MR) is 89.1 cm³/mol. The maximum atomic E-state index is 12.4. The third-order valence-corrected chi connectivity index (χ3v) is 3.54. The first-order valence-electron chi connectivity index (χ1n) is 6.79. The number of hydrogen-bond acceptors (Lipinski definition) is 6. The number of rotatable bonds is 3. The minimum Gasteiger partial charge on any atom is -0.504 e. The van der Waals surface area contributed by atoms with Crippen LogP contribution in [0.25, 0.3) is 17.2 Å². The summed E-state index contributed by atoms with van der Waals surface area (Å²) in [7, 11) is 0. The number of Topliss-reactive ketones (excluding diaryl/α,β-unsaturated/α-hetero) is 1. The molecular formula is C17H10N2O4S. The molecule has 118 valence electrons. The van der Waals surface area contributed by atoms with E-state index in [-0.39, 0.29) is 21.7 Å². The number of benzene rings is 2. The van der Waals surface area contributed by atoms with E-state index in [1.807, 2.05) is 6.07 Å². The van der Waals surface area contributed by atoms with Gasteiger partial charge in [0.2, 0.25) is 5.78 Å². The minimum atomic E-state index is -0.562. The van der Waals surface area contributed by atoms with Crippen LogP contribution >= 0.6 is 12.2 Å². The SMILES string of the molecule is N#CC(=Cc1ccc2oc(=S)[nH]c2c1)C(=O)c1ccc(O)c(O)c1. The van der Waals surface area contributed by atoms with Gasteiger partial charge in [-0.2, -0.15) is 5.26 Å². The quantitative estimate of drug-likeness (QED) is 0.221. The van der Waals surface area contributed by atoms with Crippen LogP contribution in [0.1, 0.15) is 15.9 Å². The molecule has 3 N–H and O–H groups in total. The fraction of sp³-hybridized carbons (Fsp3) is 0. The van der Waals surface area contributed by atoms with Gasteiger partial charge in [-0.3, -0.25) is 4.79 Å². The van der Waals surface area contributed by atoms with Gasteiger partial charge < -0.3 is 19.6 Å². The Morgan fingerprint density at radius 1 is 1.21 bits per heavy atom.